The molecule has 1 fully saturated rings. The quantitative estimate of drug-likeness (QED) is 0.0556. The Morgan fingerprint density at radius 3 is 2.51 bits per heavy atom. The second kappa shape index (κ2) is 13.5. The van der Waals surface area contributed by atoms with Crippen molar-refractivity contribution in [2.75, 3.05) is 18.1 Å². The number of halogens is 1. The van der Waals surface area contributed by atoms with Gasteiger partial charge in [-0.25, -0.2) is 0 Å². The van der Waals surface area contributed by atoms with Crippen molar-refractivity contribution in [2.24, 2.45) is 0 Å². The Bertz CT molecular complexity index is 1980. The molecule has 0 spiro atoms. The number of nitrogens with zero attached hydrogens (tertiary/aromatic N) is 3. The Morgan fingerprint density at radius 2 is 1.70 bits per heavy atom. The van der Waals surface area contributed by atoms with Crippen LogP contribution in [0.5, 0.6) is 17.2 Å². The van der Waals surface area contributed by atoms with Crippen molar-refractivity contribution in [1.82, 2.24) is 10.2 Å². The van der Waals surface area contributed by atoms with Crippen molar-refractivity contribution in [3.8, 4) is 17.2 Å². The van der Waals surface area contributed by atoms with Gasteiger partial charge in [-0.15, -0.1) is 10.2 Å². The number of amides is 1. The van der Waals surface area contributed by atoms with E-state index in [0.29, 0.717) is 63.3 Å². The minimum Gasteiger partial charge on any atom is -0.507 e. The predicted octanol–water partition coefficient (Wildman–Crippen LogP) is 7.46. The van der Waals surface area contributed by atoms with Crippen LogP contribution in [-0.4, -0.2) is 40.2 Å². The first kappa shape index (κ1) is 30.8. The van der Waals surface area contributed by atoms with E-state index in [4.69, 9.17) is 25.8 Å². The van der Waals surface area contributed by atoms with Crippen LogP contribution in [0, 0.1) is 0 Å². The molecule has 0 aliphatic carbocycles. The van der Waals surface area contributed by atoms with Gasteiger partial charge in [0.05, 0.1) is 11.6 Å². The number of benzene rings is 4. The van der Waals surface area contributed by atoms with Crippen molar-refractivity contribution in [3.05, 3.63) is 130 Å². The summed E-state index contributed by atoms with van der Waals surface area (Å²) in [4.78, 5) is 28.8. The van der Waals surface area contributed by atoms with E-state index < -0.39 is 17.7 Å². The Balaban J connectivity index is 1.25. The van der Waals surface area contributed by atoms with E-state index in [0.717, 1.165) is 11.1 Å². The lowest BCUT2D eigenvalue weighted by molar-refractivity contribution is -0.132. The number of ketones is 1. The van der Waals surface area contributed by atoms with E-state index in [2.05, 4.69) is 10.2 Å². The molecule has 236 valence electrons. The van der Waals surface area contributed by atoms with Crippen LogP contribution in [0.1, 0.15) is 28.3 Å². The molecule has 47 heavy (non-hydrogen) atoms. The Morgan fingerprint density at radius 1 is 0.915 bits per heavy atom. The topological polar surface area (TPSA) is 111 Å². The summed E-state index contributed by atoms with van der Waals surface area (Å²) in [6.45, 7) is 1.09. The minimum absolute atomic E-state index is 0.0857. The number of carbonyl (C=O) groups excluding carboxylic acids is 2. The van der Waals surface area contributed by atoms with E-state index in [9.17, 15) is 14.7 Å². The van der Waals surface area contributed by atoms with Crippen molar-refractivity contribution in [3.63, 3.8) is 0 Å². The van der Waals surface area contributed by atoms with Crippen LogP contribution < -0.4 is 19.1 Å². The number of anilines is 1. The maximum absolute atomic E-state index is 13.8. The highest BCUT2D eigenvalue weighted by Gasteiger charge is 2.48. The van der Waals surface area contributed by atoms with Crippen LogP contribution in [0.4, 0.5) is 5.13 Å². The highest BCUT2D eigenvalue weighted by molar-refractivity contribution is 8.00. The standard InChI is InChI=1S/C35H26ClN3O6S2/c36-25-12-9-22(10-13-25)20-46-35-38-37-34(47-35)39-30(23-7-4-8-26(17-23)45-19-21-5-2-1-3-6-21)29(32(41)33(39)42)31(40)24-11-14-27-28(18-24)44-16-15-43-27/h1-14,17-18,30,40H,15-16,19-20H2/b31-29+/t30-/m0/s1. The van der Waals surface area contributed by atoms with Gasteiger partial charge in [0.1, 0.15) is 31.3 Å². The molecule has 2 aliphatic heterocycles. The van der Waals surface area contributed by atoms with Crippen LogP contribution in [0.25, 0.3) is 5.76 Å². The number of hydrogen-bond acceptors (Lipinski definition) is 10. The van der Waals surface area contributed by atoms with Crippen molar-refractivity contribution in [2.45, 2.75) is 22.7 Å². The highest BCUT2D eigenvalue weighted by atomic mass is 35.5. The zero-order valence-electron chi connectivity index (χ0n) is 24.7. The molecule has 0 bridgehead atoms. The van der Waals surface area contributed by atoms with Gasteiger partial charge in [0, 0.05) is 16.3 Å². The van der Waals surface area contributed by atoms with Gasteiger partial charge in [0.15, 0.2) is 15.8 Å². The molecule has 1 atom stereocenters. The van der Waals surface area contributed by atoms with Gasteiger partial charge in [-0.05, 0) is 59.2 Å². The Kier molecular flexibility index (Phi) is 8.84. The molecule has 1 saturated heterocycles. The fourth-order valence-electron chi connectivity index (χ4n) is 5.29. The molecule has 12 heteroatoms. The van der Waals surface area contributed by atoms with E-state index in [1.54, 1.807) is 42.5 Å². The number of aliphatic hydroxyl groups is 1. The van der Waals surface area contributed by atoms with Gasteiger partial charge >= 0.3 is 5.91 Å². The molecule has 7 rings (SSSR count). The molecule has 2 aliphatic rings. The maximum Gasteiger partial charge on any atom is 0.301 e. The summed E-state index contributed by atoms with van der Waals surface area (Å²) in [7, 11) is 0. The lowest BCUT2D eigenvalue weighted by Crippen LogP contribution is -2.29. The molecule has 0 saturated carbocycles. The molecule has 4 aromatic carbocycles. The highest BCUT2D eigenvalue weighted by Crippen LogP contribution is 2.45. The van der Waals surface area contributed by atoms with Crippen LogP contribution >= 0.6 is 34.7 Å². The SMILES string of the molecule is O=C1C(=O)N(c2nnc(SCc3ccc(Cl)cc3)s2)[C@@H](c2cccc(OCc3ccccc3)c2)/C1=C(\O)c1ccc2c(c1)OCCO2. The number of carbonyl (C=O) groups is 2. The molecule has 1 amide bonds. The monoisotopic (exact) mass is 683 g/mol. The number of aromatic nitrogens is 2. The van der Waals surface area contributed by atoms with Crippen LogP contribution in [0.3, 0.4) is 0 Å². The van der Waals surface area contributed by atoms with Gasteiger partial charge in [0.2, 0.25) is 5.13 Å². The van der Waals surface area contributed by atoms with Gasteiger partial charge < -0.3 is 19.3 Å². The van der Waals surface area contributed by atoms with Gasteiger partial charge in [-0.1, -0.05) is 89.3 Å². The molecule has 1 N–H and O–H groups in total. The summed E-state index contributed by atoms with van der Waals surface area (Å²) in [6.07, 6.45) is 0. The van der Waals surface area contributed by atoms with Crippen molar-refractivity contribution < 1.29 is 28.9 Å². The van der Waals surface area contributed by atoms with Gasteiger partial charge in [0.25, 0.3) is 5.78 Å². The van der Waals surface area contributed by atoms with Gasteiger partial charge in [-0.2, -0.15) is 0 Å². The van der Waals surface area contributed by atoms with E-state index in [1.807, 2.05) is 54.6 Å². The predicted molar refractivity (Wildman–Crippen MR) is 180 cm³/mol. The third-order valence-corrected chi connectivity index (χ3v) is 9.94. The zero-order chi connectivity index (χ0) is 32.3. The minimum atomic E-state index is -1.01. The lowest BCUT2D eigenvalue weighted by Gasteiger charge is -2.23. The van der Waals surface area contributed by atoms with Crippen LogP contribution in [0.2, 0.25) is 5.02 Å². The fourth-order valence-corrected chi connectivity index (χ4v) is 7.24. The van der Waals surface area contributed by atoms with Gasteiger partial charge in [-0.3, -0.25) is 14.5 Å². The van der Waals surface area contributed by atoms with Crippen molar-refractivity contribution in [1.29, 1.82) is 0 Å². The number of ether oxygens (including phenoxy) is 3. The molecule has 1 aromatic heterocycles. The first-order chi connectivity index (χ1) is 22.9. The number of fused-ring (bicyclic) bond motifs is 1. The second-order valence-corrected chi connectivity index (χ2v) is 13.3. The molecule has 0 radical (unpaired) electrons. The molecule has 3 heterocycles. The van der Waals surface area contributed by atoms with E-state index in [1.165, 1.54) is 28.0 Å². The third-order valence-electron chi connectivity index (χ3n) is 7.56. The summed E-state index contributed by atoms with van der Waals surface area (Å²) in [5, 5.41) is 21.2. The summed E-state index contributed by atoms with van der Waals surface area (Å²) in [5.74, 6) is 0.106. The first-order valence-corrected chi connectivity index (χ1v) is 16.8. The normalized spacial score (nSPS) is 16.8. The Labute approximate surface area is 283 Å². The molecular formula is C35H26ClN3O6S2. The van der Waals surface area contributed by atoms with E-state index in [-0.39, 0.29) is 16.5 Å². The number of hydrogen-bond donors (Lipinski definition) is 1. The smallest absolute Gasteiger partial charge is 0.301 e. The Hall–Kier alpha value is -4.84. The number of rotatable bonds is 9. The molecule has 0 unspecified atom stereocenters. The van der Waals surface area contributed by atoms with E-state index >= 15 is 0 Å². The van der Waals surface area contributed by atoms with Crippen LogP contribution in [-0.2, 0) is 21.9 Å². The summed E-state index contributed by atoms with van der Waals surface area (Å²) >= 11 is 8.67. The maximum atomic E-state index is 13.8. The second-order valence-electron chi connectivity index (χ2n) is 10.6. The number of aliphatic hydroxyl groups excluding tert-OH is 1. The molecule has 9 nitrogen and oxygen atoms in total. The summed E-state index contributed by atoms with van der Waals surface area (Å²) in [6, 6.07) is 28.3. The molecule has 5 aromatic rings. The lowest BCUT2D eigenvalue weighted by atomic mass is 9.95. The largest absolute Gasteiger partial charge is 0.507 e. The zero-order valence-corrected chi connectivity index (χ0v) is 27.1. The fraction of sp³-hybridized carbons (Fsp3) is 0.143. The van der Waals surface area contributed by atoms with Crippen LogP contribution in [0.15, 0.2) is 107 Å². The molecular weight excluding hydrogens is 658 g/mol. The van der Waals surface area contributed by atoms with Crippen molar-refractivity contribution >= 4 is 57.3 Å². The average Bonchev–Trinajstić information content (AvgIpc) is 3.68. The summed E-state index contributed by atoms with van der Waals surface area (Å²) < 4.78 is 18.0. The third kappa shape index (κ3) is 6.55. The summed E-state index contributed by atoms with van der Waals surface area (Å²) in [5.41, 5.74) is 2.81. The average molecular weight is 684 g/mol. The first-order valence-electron chi connectivity index (χ1n) is 14.6. The number of Topliss-reactive ketones (excluding diaryl/α,β-unsaturated/α-hetero) is 1. The number of thioether (sulfide) groups is 1.